The van der Waals surface area contributed by atoms with Gasteiger partial charge in [0.15, 0.2) is 0 Å². The van der Waals surface area contributed by atoms with Crippen molar-refractivity contribution in [2.24, 2.45) is 0 Å². The molecule has 0 aromatic heterocycles. The first kappa shape index (κ1) is 17.7. The zero-order chi connectivity index (χ0) is 17.4. The van der Waals surface area contributed by atoms with Crippen LogP contribution in [0.4, 0.5) is 0 Å². The van der Waals surface area contributed by atoms with Gasteiger partial charge in [-0.3, -0.25) is 0 Å². The second-order valence-corrected chi connectivity index (χ2v) is 5.58. The SMILES string of the molecule is COC(=O)c1ccc(CCCCc2ccc(C(=O)OC)cc2)cc1. The Morgan fingerprint density at radius 2 is 1.00 bits per heavy atom. The van der Waals surface area contributed by atoms with Crippen LogP contribution in [0.2, 0.25) is 0 Å². The Morgan fingerprint density at radius 3 is 1.29 bits per heavy atom. The molecule has 0 aliphatic carbocycles. The molecule has 0 atom stereocenters. The van der Waals surface area contributed by atoms with Gasteiger partial charge < -0.3 is 9.47 Å². The van der Waals surface area contributed by atoms with E-state index >= 15 is 0 Å². The van der Waals surface area contributed by atoms with E-state index in [1.807, 2.05) is 24.3 Å². The number of carbonyl (C=O) groups is 2. The molecule has 24 heavy (non-hydrogen) atoms. The first-order chi connectivity index (χ1) is 11.6. The highest BCUT2D eigenvalue weighted by Crippen LogP contribution is 2.12. The van der Waals surface area contributed by atoms with Crippen molar-refractivity contribution in [3.63, 3.8) is 0 Å². The molecule has 0 bridgehead atoms. The minimum atomic E-state index is -0.308. The summed E-state index contributed by atoms with van der Waals surface area (Å²) < 4.78 is 9.37. The number of esters is 2. The van der Waals surface area contributed by atoms with Gasteiger partial charge in [0.05, 0.1) is 25.3 Å². The number of hydrogen-bond donors (Lipinski definition) is 0. The summed E-state index contributed by atoms with van der Waals surface area (Å²) in [7, 11) is 2.77. The second kappa shape index (κ2) is 8.87. The van der Waals surface area contributed by atoms with E-state index in [9.17, 15) is 9.59 Å². The van der Waals surface area contributed by atoms with Crippen LogP contribution < -0.4 is 0 Å². The normalized spacial score (nSPS) is 10.2. The Labute approximate surface area is 142 Å². The van der Waals surface area contributed by atoms with Crippen molar-refractivity contribution in [3.05, 3.63) is 70.8 Å². The molecule has 4 nitrogen and oxygen atoms in total. The highest BCUT2D eigenvalue weighted by Gasteiger charge is 2.05. The molecular weight excluding hydrogens is 304 g/mol. The van der Waals surface area contributed by atoms with Crippen molar-refractivity contribution in [2.75, 3.05) is 14.2 Å². The summed E-state index contributed by atoms with van der Waals surface area (Å²) in [5.74, 6) is -0.617. The number of carbonyl (C=O) groups excluding carboxylic acids is 2. The van der Waals surface area contributed by atoms with Crippen molar-refractivity contribution in [1.29, 1.82) is 0 Å². The fourth-order valence-corrected chi connectivity index (χ4v) is 2.51. The summed E-state index contributed by atoms with van der Waals surface area (Å²) in [6.07, 6.45) is 4.08. The highest BCUT2D eigenvalue weighted by atomic mass is 16.5. The molecular formula is C20H22O4. The van der Waals surface area contributed by atoms with Gasteiger partial charge in [-0.2, -0.15) is 0 Å². The predicted octanol–water partition coefficient (Wildman–Crippen LogP) is 3.83. The molecule has 0 amide bonds. The van der Waals surface area contributed by atoms with Gasteiger partial charge in [-0.1, -0.05) is 24.3 Å². The molecule has 0 radical (unpaired) electrons. The number of benzene rings is 2. The lowest BCUT2D eigenvalue weighted by molar-refractivity contribution is 0.0592. The average Bonchev–Trinajstić information content (AvgIpc) is 2.65. The van der Waals surface area contributed by atoms with Crippen LogP contribution in [-0.2, 0) is 22.3 Å². The van der Waals surface area contributed by atoms with Crippen molar-refractivity contribution in [2.45, 2.75) is 25.7 Å². The largest absolute Gasteiger partial charge is 0.465 e. The van der Waals surface area contributed by atoms with Crippen molar-refractivity contribution < 1.29 is 19.1 Å². The number of hydrogen-bond acceptors (Lipinski definition) is 4. The van der Waals surface area contributed by atoms with Gasteiger partial charge in [0.2, 0.25) is 0 Å². The molecule has 0 aliphatic rings. The molecule has 0 fully saturated rings. The van der Waals surface area contributed by atoms with Gasteiger partial charge in [0.1, 0.15) is 0 Å². The maximum absolute atomic E-state index is 11.4. The van der Waals surface area contributed by atoms with Crippen LogP contribution in [0.25, 0.3) is 0 Å². The molecule has 0 unspecified atom stereocenters. The third kappa shape index (κ3) is 4.95. The molecule has 0 aliphatic heterocycles. The van der Waals surface area contributed by atoms with Crippen LogP contribution in [0, 0.1) is 0 Å². The Bertz CT molecular complexity index is 610. The van der Waals surface area contributed by atoms with Crippen LogP contribution in [0.15, 0.2) is 48.5 Å². The van der Waals surface area contributed by atoms with Crippen molar-refractivity contribution in [3.8, 4) is 0 Å². The molecule has 0 heterocycles. The van der Waals surface area contributed by atoms with Gasteiger partial charge >= 0.3 is 11.9 Å². The maximum Gasteiger partial charge on any atom is 0.337 e. The zero-order valence-electron chi connectivity index (χ0n) is 14.1. The summed E-state index contributed by atoms with van der Waals surface area (Å²) in [6.45, 7) is 0. The highest BCUT2D eigenvalue weighted by molar-refractivity contribution is 5.89. The number of ether oxygens (including phenoxy) is 2. The standard InChI is InChI=1S/C20H22O4/c1-23-19(21)17-11-7-15(8-12-17)5-3-4-6-16-9-13-18(14-10-16)20(22)24-2/h7-14H,3-6H2,1-2H3. The van der Waals surface area contributed by atoms with E-state index in [1.165, 1.54) is 25.3 Å². The summed E-state index contributed by atoms with van der Waals surface area (Å²) in [6, 6.07) is 15.1. The van der Waals surface area contributed by atoms with Gasteiger partial charge in [-0.25, -0.2) is 9.59 Å². The Morgan fingerprint density at radius 1 is 0.667 bits per heavy atom. The lowest BCUT2D eigenvalue weighted by Crippen LogP contribution is -2.01. The van der Waals surface area contributed by atoms with Crippen LogP contribution in [0.1, 0.15) is 44.7 Å². The quantitative estimate of drug-likeness (QED) is 0.573. The maximum atomic E-state index is 11.4. The van der Waals surface area contributed by atoms with Crippen LogP contribution >= 0.6 is 0 Å². The number of rotatable bonds is 7. The number of methoxy groups -OCH3 is 2. The van der Waals surface area contributed by atoms with Crippen molar-refractivity contribution >= 4 is 11.9 Å². The molecule has 0 N–H and O–H groups in total. The van der Waals surface area contributed by atoms with Crippen molar-refractivity contribution in [1.82, 2.24) is 0 Å². The van der Waals surface area contributed by atoms with E-state index in [0.717, 1.165) is 25.7 Å². The lowest BCUT2D eigenvalue weighted by Gasteiger charge is -2.05. The molecule has 4 heteroatoms. The van der Waals surface area contributed by atoms with E-state index in [2.05, 4.69) is 9.47 Å². The molecule has 2 aromatic carbocycles. The first-order valence-corrected chi connectivity index (χ1v) is 7.98. The molecule has 0 saturated carbocycles. The lowest BCUT2D eigenvalue weighted by atomic mass is 10.0. The average molecular weight is 326 g/mol. The van der Waals surface area contributed by atoms with Crippen LogP contribution in [-0.4, -0.2) is 26.2 Å². The second-order valence-electron chi connectivity index (χ2n) is 5.58. The molecule has 126 valence electrons. The summed E-state index contributed by atoms with van der Waals surface area (Å²) in [5, 5.41) is 0. The monoisotopic (exact) mass is 326 g/mol. The minimum Gasteiger partial charge on any atom is -0.465 e. The van der Waals surface area contributed by atoms with Gasteiger partial charge in [0.25, 0.3) is 0 Å². The van der Waals surface area contributed by atoms with Gasteiger partial charge in [-0.05, 0) is 61.1 Å². The van der Waals surface area contributed by atoms with E-state index in [1.54, 1.807) is 24.3 Å². The third-order valence-corrected chi connectivity index (χ3v) is 3.93. The third-order valence-electron chi connectivity index (χ3n) is 3.93. The Balaban J connectivity index is 1.76. The predicted molar refractivity (Wildman–Crippen MR) is 92.2 cm³/mol. The summed E-state index contributed by atoms with van der Waals surface area (Å²) >= 11 is 0. The van der Waals surface area contributed by atoms with E-state index in [0.29, 0.717) is 11.1 Å². The fraction of sp³-hybridized carbons (Fsp3) is 0.300. The first-order valence-electron chi connectivity index (χ1n) is 7.98. The topological polar surface area (TPSA) is 52.6 Å². The number of aryl methyl sites for hydroxylation is 2. The van der Waals surface area contributed by atoms with E-state index < -0.39 is 0 Å². The summed E-state index contributed by atoms with van der Waals surface area (Å²) in [5.41, 5.74) is 3.58. The van der Waals surface area contributed by atoms with E-state index in [-0.39, 0.29) is 11.9 Å². The minimum absolute atomic E-state index is 0.308. The molecule has 0 saturated heterocycles. The van der Waals surface area contributed by atoms with Gasteiger partial charge in [-0.15, -0.1) is 0 Å². The van der Waals surface area contributed by atoms with Crippen LogP contribution in [0.5, 0.6) is 0 Å². The Hall–Kier alpha value is -2.62. The Kier molecular flexibility index (Phi) is 6.55. The zero-order valence-corrected chi connectivity index (χ0v) is 14.1. The van der Waals surface area contributed by atoms with Gasteiger partial charge in [0, 0.05) is 0 Å². The van der Waals surface area contributed by atoms with Crippen LogP contribution in [0.3, 0.4) is 0 Å². The smallest absolute Gasteiger partial charge is 0.337 e. The molecule has 2 rings (SSSR count). The molecule has 2 aromatic rings. The molecule has 0 spiro atoms. The number of unbranched alkanes of at least 4 members (excludes halogenated alkanes) is 1. The summed E-state index contributed by atoms with van der Waals surface area (Å²) in [4.78, 5) is 22.8. The van der Waals surface area contributed by atoms with E-state index in [4.69, 9.17) is 0 Å². The fourth-order valence-electron chi connectivity index (χ4n) is 2.51.